The fourth-order valence-electron chi connectivity index (χ4n) is 7.53. The molecule has 6 unspecified atom stereocenters. The predicted octanol–water partition coefficient (Wildman–Crippen LogP) is 5.91. The highest BCUT2D eigenvalue weighted by molar-refractivity contribution is 14.1. The van der Waals surface area contributed by atoms with Crippen LogP contribution >= 0.6 is 45.8 Å². The van der Waals surface area contributed by atoms with Crippen LogP contribution in [0.15, 0.2) is 78.4 Å². The number of carbonyl (C=O) groups is 4. The van der Waals surface area contributed by atoms with Crippen molar-refractivity contribution in [3.05, 3.63) is 93.3 Å². The minimum absolute atomic E-state index is 0.0706. The Labute approximate surface area is 280 Å². The molecule has 0 aromatic heterocycles. The van der Waals surface area contributed by atoms with Crippen molar-refractivity contribution in [3.8, 4) is 11.5 Å². The molecule has 0 bridgehead atoms. The molecule has 12 heteroatoms. The molecule has 2 saturated heterocycles. The van der Waals surface area contributed by atoms with E-state index in [2.05, 4.69) is 22.6 Å². The number of ether oxygens (including phenoxy) is 1. The van der Waals surface area contributed by atoms with Crippen LogP contribution in [-0.2, 0) is 19.2 Å². The summed E-state index contributed by atoms with van der Waals surface area (Å²) in [4.78, 5) is 54.4. The van der Waals surface area contributed by atoms with Crippen molar-refractivity contribution < 1.29 is 33.4 Å². The maximum atomic E-state index is 14.4. The second-order valence-electron chi connectivity index (χ2n) is 11.6. The number of nitrogens with zero attached hydrogens (tertiary/aromatic N) is 2. The van der Waals surface area contributed by atoms with Gasteiger partial charge in [0.1, 0.15) is 5.82 Å². The molecule has 2 aliphatic heterocycles. The van der Waals surface area contributed by atoms with Crippen molar-refractivity contribution in [2.45, 2.75) is 28.5 Å². The number of methoxy groups -OCH3 is 1. The van der Waals surface area contributed by atoms with E-state index in [0.29, 0.717) is 11.3 Å². The molecular weight excluding hydrogens is 737 g/mol. The summed E-state index contributed by atoms with van der Waals surface area (Å²) in [5.74, 6) is -6.85. The summed E-state index contributed by atoms with van der Waals surface area (Å²) in [5, 5.41) is 11.4. The van der Waals surface area contributed by atoms with Gasteiger partial charge >= 0.3 is 0 Å². The number of carbonyl (C=O) groups excluding carboxylic acids is 4. The number of aromatic hydroxyl groups is 1. The minimum Gasteiger partial charge on any atom is -0.504 e. The lowest BCUT2D eigenvalue weighted by atomic mass is 9.56. The fourth-order valence-corrected chi connectivity index (χ4v) is 8.81. The Morgan fingerprint density at radius 3 is 2.20 bits per heavy atom. The van der Waals surface area contributed by atoms with Gasteiger partial charge in [0, 0.05) is 15.1 Å². The molecule has 0 radical (unpaired) electrons. The van der Waals surface area contributed by atoms with Gasteiger partial charge in [0.2, 0.25) is 11.8 Å². The molecule has 45 heavy (non-hydrogen) atoms. The second-order valence-corrected chi connectivity index (χ2v) is 14.1. The van der Waals surface area contributed by atoms with Gasteiger partial charge in [-0.3, -0.25) is 24.1 Å². The third-order valence-corrected chi connectivity index (χ3v) is 11.7. The van der Waals surface area contributed by atoms with Gasteiger partial charge in [0.15, 0.2) is 21.2 Å². The normalized spacial score (nSPS) is 30.6. The van der Waals surface area contributed by atoms with Crippen molar-refractivity contribution in [3.63, 3.8) is 0 Å². The lowest BCUT2D eigenvalue weighted by molar-refractivity contribution is -0.125. The van der Waals surface area contributed by atoms with Gasteiger partial charge in [0.05, 0.1) is 30.3 Å². The van der Waals surface area contributed by atoms with Crippen LogP contribution in [0, 0.1) is 27.1 Å². The first-order valence-electron chi connectivity index (χ1n) is 14.2. The molecule has 230 valence electrons. The highest BCUT2D eigenvalue weighted by atomic mass is 127. The molecule has 3 aromatic carbocycles. The Bertz CT molecular complexity index is 1840. The number of imide groups is 2. The number of benzene rings is 3. The van der Waals surface area contributed by atoms with Crippen LogP contribution in [0.4, 0.5) is 15.8 Å². The first-order valence-corrected chi connectivity index (χ1v) is 16.0. The molecule has 1 saturated carbocycles. The maximum Gasteiger partial charge on any atom is 0.258 e. The molecule has 6 atom stereocenters. The number of fused-ring (bicyclic) bond motifs is 4. The predicted molar refractivity (Wildman–Crippen MR) is 173 cm³/mol. The number of amides is 4. The smallest absolute Gasteiger partial charge is 0.258 e. The zero-order valence-corrected chi connectivity index (χ0v) is 27.2. The Balaban J connectivity index is 1.41. The molecular formula is C33H24Cl2FIN2O6. The standard InChI is InChI=1S/C33H24Cl2FIN2O6/c1-45-24-4-2-3-22(27(24)40)26-20-13-14-21-25(29(42)38(28(21)41)18-11-7-17(37)8-12-18)23(20)15-32(34)30(43)39(31(44)33(26,32)35)19-9-5-16(36)6-10-19/h2-13,21,23,25-26,40H,14-15H2,1H3. The molecule has 4 aliphatic rings. The quantitative estimate of drug-likeness (QED) is 0.154. The van der Waals surface area contributed by atoms with E-state index < -0.39 is 57.0 Å². The SMILES string of the molecule is COc1cccc(C2C3=CCC4C(=O)N(c5ccc(I)cc5)C(=O)C4C3CC3(Cl)C(=O)N(c4ccc(F)cc4)C(=O)C23Cl)c1O. The van der Waals surface area contributed by atoms with E-state index in [1.54, 1.807) is 42.5 Å². The largest absolute Gasteiger partial charge is 0.504 e. The summed E-state index contributed by atoms with van der Waals surface area (Å²) in [6.45, 7) is 0. The summed E-state index contributed by atoms with van der Waals surface area (Å²) in [6, 6.07) is 16.5. The van der Waals surface area contributed by atoms with Crippen LogP contribution in [0.5, 0.6) is 11.5 Å². The second kappa shape index (κ2) is 10.5. The number of anilines is 2. The van der Waals surface area contributed by atoms with Gasteiger partial charge < -0.3 is 9.84 Å². The van der Waals surface area contributed by atoms with Crippen LogP contribution < -0.4 is 14.5 Å². The fraction of sp³-hybridized carbons (Fsp3) is 0.273. The first kappa shape index (κ1) is 30.2. The van der Waals surface area contributed by atoms with Crippen LogP contribution in [0.3, 0.4) is 0 Å². The van der Waals surface area contributed by atoms with Crippen LogP contribution in [-0.4, -0.2) is 45.6 Å². The maximum absolute atomic E-state index is 14.4. The lowest BCUT2D eigenvalue weighted by Gasteiger charge is -2.50. The van der Waals surface area contributed by atoms with E-state index in [1.807, 2.05) is 0 Å². The number of alkyl halides is 2. The molecule has 2 aliphatic carbocycles. The van der Waals surface area contributed by atoms with Gasteiger partial charge in [0.25, 0.3) is 11.8 Å². The van der Waals surface area contributed by atoms with Gasteiger partial charge in [-0.15, -0.1) is 23.2 Å². The zero-order valence-electron chi connectivity index (χ0n) is 23.5. The highest BCUT2D eigenvalue weighted by Crippen LogP contribution is 2.66. The summed E-state index contributed by atoms with van der Waals surface area (Å²) in [5.41, 5.74) is 1.21. The van der Waals surface area contributed by atoms with E-state index in [1.165, 1.54) is 30.2 Å². The first-order chi connectivity index (χ1) is 21.4. The minimum atomic E-state index is -2.17. The van der Waals surface area contributed by atoms with E-state index in [0.717, 1.165) is 20.6 Å². The topological polar surface area (TPSA) is 104 Å². The average Bonchev–Trinajstić information content (AvgIpc) is 3.36. The summed E-state index contributed by atoms with van der Waals surface area (Å²) in [7, 11) is 1.37. The molecule has 4 amide bonds. The van der Waals surface area contributed by atoms with Crippen molar-refractivity contribution in [2.75, 3.05) is 16.9 Å². The van der Waals surface area contributed by atoms with Gasteiger partial charge in [-0.05, 0) is 95.9 Å². The molecule has 0 spiro atoms. The number of phenolic OH excluding ortho intramolecular Hbond substituents is 1. The Morgan fingerprint density at radius 1 is 0.889 bits per heavy atom. The highest BCUT2D eigenvalue weighted by Gasteiger charge is 2.77. The van der Waals surface area contributed by atoms with Crippen LogP contribution in [0.25, 0.3) is 0 Å². The molecule has 8 nitrogen and oxygen atoms in total. The van der Waals surface area contributed by atoms with E-state index >= 15 is 0 Å². The summed E-state index contributed by atoms with van der Waals surface area (Å²) < 4.78 is 20.1. The van der Waals surface area contributed by atoms with Crippen LogP contribution in [0.2, 0.25) is 0 Å². The Hall–Kier alpha value is -3.48. The molecule has 3 fully saturated rings. The van der Waals surface area contributed by atoms with Crippen molar-refractivity contribution in [1.29, 1.82) is 0 Å². The molecule has 3 aromatic rings. The van der Waals surface area contributed by atoms with Gasteiger partial charge in [-0.2, -0.15) is 0 Å². The summed E-state index contributed by atoms with van der Waals surface area (Å²) in [6.07, 6.45) is 1.74. The third-order valence-electron chi connectivity index (χ3n) is 9.54. The van der Waals surface area contributed by atoms with Crippen molar-refractivity contribution >= 4 is 80.8 Å². The molecule has 7 rings (SSSR count). The number of halogens is 4. The van der Waals surface area contributed by atoms with Gasteiger partial charge in [-0.25, -0.2) is 9.29 Å². The monoisotopic (exact) mass is 760 g/mol. The number of hydrogen-bond donors (Lipinski definition) is 1. The zero-order chi connectivity index (χ0) is 32.0. The van der Waals surface area contributed by atoms with Crippen LogP contribution in [0.1, 0.15) is 24.3 Å². The number of hydrogen-bond acceptors (Lipinski definition) is 6. The number of para-hydroxylation sites is 1. The molecule has 1 N–H and O–H groups in total. The number of phenols is 1. The Morgan fingerprint density at radius 2 is 1.53 bits per heavy atom. The molecule has 2 heterocycles. The third kappa shape index (κ3) is 4.07. The number of allylic oxidation sites excluding steroid dienone is 2. The lowest BCUT2D eigenvalue weighted by Crippen LogP contribution is -2.60. The summed E-state index contributed by atoms with van der Waals surface area (Å²) >= 11 is 16.8. The van der Waals surface area contributed by atoms with E-state index in [-0.39, 0.29) is 41.5 Å². The Kier molecular flexibility index (Phi) is 7.06. The average molecular weight is 761 g/mol. The van der Waals surface area contributed by atoms with E-state index in [9.17, 15) is 28.7 Å². The van der Waals surface area contributed by atoms with Crippen molar-refractivity contribution in [1.82, 2.24) is 0 Å². The van der Waals surface area contributed by atoms with Crippen molar-refractivity contribution in [2.24, 2.45) is 17.8 Å². The van der Waals surface area contributed by atoms with E-state index in [4.69, 9.17) is 27.9 Å². The number of rotatable bonds is 4. The van der Waals surface area contributed by atoms with Gasteiger partial charge in [-0.1, -0.05) is 23.8 Å².